The van der Waals surface area contributed by atoms with Crippen molar-refractivity contribution in [1.29, 1.82) is 0 Å². The molecule has 0 aliphatic heterocycles. The van der Waals surface area contributed by atoms with Crippen LogP contribution in [0, 0.1) is 0 Å². The summed E-state index contributed by atoms with van der Waals surface area (Å²) >= 11 is 0. The second-order valence-corrected chi connectivity index (χ2v) is 7.08. The summed E-state index contributed by atoms with van der Waals surface area (Å²) in [7, 11) is 0. The van der Waals surface area contributed by atoms with Gasteiger partial charge < -0.3 is 9.73 Å². The first-order valence-corrected chi connectivity index (χ1v) is 10.1. The summed E-state index contributed by atoms with van der Waals surface area (Å²) in [6.45, 7) is 2.12. The monoisotopic (exact) mass is 397 g/mol. The average Bonchev–Trinajstić information content (AvgIpc) is 3.30. The van der Waals surface area contributed by atoms with E-state index in [0.717, 1.165) is 29.5 Å². The number of nitrogens with zero attached hydrogens (tertiary/aromatic N) is 2. The Morgan fingerprint density at radius 2 is 1.40 bits per heavy atom. The van der Waals surface area contributed by atoms with Gasteiger partial charge in [-0.1, -0.05) is 61.9 Å². The molecule has 1 aromatic heterocycles. The third-order valence-corrected chi connectivity index (χ3v) is 4.92. The largest absolute Gasteiger partial charge is 0.416 e. The molecule has 1 N–H and O–H groups in total. The molecule has 5 nitrogen and oxygen atoms in total. The molecule has 150 valence electrons. The van der Waals surface area contributed by atoms with Gasteiger partial charge in [-0.15, -0.1) is 10.2 Å². The predicted molar refractivity (Wildman–Crippen MR) is 117 cm³/mol. The lowest BCUT2D eigenvalue weighted by atomic mass is 10.0. The molecule has 1 atom stereocenters. The van der Waals surface area contributed by atoms with E-state index in [-0.39, 0.29) is 11.9 Å². The summed E-state index contributed by atoms with van der Waals surface area (Å²) in [6, 6.07) is 26.9. The molecule has 0 radical (unpaired) electrons. The van der Waals surface area contributed by atoms with E-state index in [1.165, 1.54) is 0 Å². The van der Waals surface area contributed by atoms with Crippen molar-refractivity contribution < 1.29 is 9.21 Å². The van der Waals surface area contributed by atoms with Gasteiger partial charge in [0.15, 0.2) is 0 Å². The zero-order valence-electron chi connectivity index (χ0n) is 16.8. The maximum Gasteiger partial charge on any atom is 0.251 e. The van der Waals surface area contributed by atoms with Crippen LogP contribution < -0.4 is 5.32 Å². The van der Waals surface area contributed by atoms with Gasteiger partial charge in [0.1, 0.15) is 0 Å². The van der Waals surface area contributed by atoms with Gasteiger partial charge in [0.25, 0.3) is 5.91 Å². The average molecular weight is 397 g/mol. The molecule has 0 fully saturated rings. The van der Waals surface area contributed by atoms with Gasteiger partial charge >= 0.3 is 0 Å². The molecule has 1 amide bonds. The van der Waals surface area contributed by atoms with E-state index < -0.39 is 0 Å². The maximum absolute atomic E-state index is 12.8. The molecule has 1 heterocycles. The lowest BCUT2D eigenvalue weighted by Gasteiger charge is -2.18. The highest BCUT2D eigenvalue weighted by atomic mass is 16.4. The van der Waals surface area contributed by atoms with Crippen molar-refractivity contribution in [2.45, 2.75) is 25.8 Å². The Hall–Kier alpha value is -3.73. The molecule has 0 spiro atoms. The van der Waals surface area contributed by atoms with E-state index in [9.17, 15) is 4.79 Å². The lowest BCUT2D eigenvalue weighted by molar-refractivity contribution is 0.0934. The first kappa shape index (κ1) is 19.6. The molecule has 3 aromatic carbocycles. The lowest BCUT2D eigenvalue weighted by Crippen LogP contribution is -2.28. The van der Waals surface area contributed by atoms with Gasteiger partial charge in [-0.2, -0.15) is 0 Å². The number of aromatic nitrogens is 2. The number of benzene rings is 3. The molecule has 0 saturated heterocycles. The van der Waals surface area contributed by atoms with E-state index in [2.05, 4.69) is 22.4 Å². The maximum atomic E-state index is 12.8. The molecule has 5 heteroatoms. The van der Waals surface area contributed by atoms with E-state index in [0.29, 0.717) is 17.3 Å². The molecule has 0 aliphatic carbocycles. The Kier molecular flexibility index (Phi) is 5.99. The predicted octanol–water partition coefficient (Wildman–Crippen LogP) is 5.67. The fourth-order valence-corrected chi connectivity index (χ4v) is 3.34. The van der Waals surface area contributed by atoms with Crippen LogP contribution in [0.1, 0.15) is 41.7 Å². The van der Waals surface area contributed by atoms with E-state index in [4.69, 9.17) is 4.42 Å². The zero-order valence-corrected chi connectivity index (χ0v) is 16.8. The van der Waals surface area contributed by atoms with Crippen LogP contribution in [0.15, 0.2) is 89.3 Å². The number of nitrogens with one attached hydrogen (secondary N) is 1. The normalized spacial score (nSPS) is 11.8. The van der Waals surface area contributed by atoms with Crippen molar-refractivity contribution in [1.82, 2.24) is 15.5 Å². The molecule has 4 rings (SSSR count). The highest BCUT2D eigenvalue weighted by molar-refractivity contribution is 5.94. The van der Waals surface area contributed by atoms with Crippen LogP contribution in [-0.4, -0.2) is 16.1 Å². The molecular weight excluding hydrogens is 374 g/mol. The highest BCUT2D eigenvalue weighted by Gasteiger charge is 2.16. The van der Waals surface area contributed by atoms with Crippen molar-refractivity contribution >= 4 is 5.91 Å². The number of carbonyl (C=O) groups is 1. The fraction of sp³-hybridized carbons (Fsp3) is 0.160. The summed E-state index contributed by atoms with van der Waals surface area (Å²) in [5, 5.41) is 11.4. The number of amides is 1. The van der Waals surface area contributed by atoms with Gasteiger partial charge in [-0.25, -0.2) is 0 Å². The Morgan fingerprint density at radius 3 is 2.00 bits per heavy atom. The van der Waals surface area contributed by atoms with E-state index in [1.807, 2.05) is 72.8 Å². The Morgan fingerprint density at radius 1 is 0.833 bits per heavy atom. The first-order valence-electron chi connectivity index (χ1n) is 10.1. The van der Waals surface area contributed by atoms with E-state index in [1.54, 1.807) is 12.1 Å². The van der Waals surface area contributed by atoms with Crippen LogP contribution >= 0.6 is 0 Å². The minimum atomic E-state index is -0.0978. The van der Waals surface area contributed by atoms with Crippen LogP contribution in [-0.2, 0) is 0 Å². The Bertz CT molecular complexity index is 1090. The molecule has 0 bridgehead atoms. The number of carbonyl (C=O) groups excluding carboxylic acids is 1. The quantitative estimate of drug-likeness (QED) is 0.436. The highest BCUT2D eigenvalue weighted by Crippen LogP contribution is 2.24. The van der Waals surface area contributed by atoms with E-state index >= 15 is 0 Å². The summed E-state index contributed by atoms with van der Waals surface area (Å²) in [4.78, 5) is 12.8. The SMILES string of the molecule is CCCC(NC(=O)c1ccc(-c2nnc(-c3ccccc3)o2)cc1)c1ccccc1. The van der Waals surface area contributed by atoms with Gasteiger partial charge in [-0.05, 0) is 48.4 Å². The molecule has 4 aromatic rings. The van der Waals surface area contributed by atoms with Crippen LogP contribution in [0.3, 0.4) is 0 Å². The molecule has 0 aliphatic rings. The molecule has 30 heavy (non-hydrogen) atoms. The Labute approximate surface area is 175 Å². The van der Waals surface area contributed by atoms with Crippen molar-refractivity contribution in [2.24, 2.45) is 0 Å². The van der Waals surface area contributed by atoms with Crippen LogP contribution in [0.2, 0.25) is 0 Å². The summed E-state index contributed by atoms with van der Waals surface area (Å²) in [5.74, 6) is 0.797. The zero-order chi connectivity index (χ0) is 20.8. The third kappa shape index (κ3) is 4.46. The second kappa shape index (κ2) is 9.18. The number of hydrogen-bond donors (Lipinski definition) is 1. The summed E-state index contributed by atoms with van der Waals surface area (Å²) < 4.78 is 5.79. The minimum absolute atomic E-state index is 0.00672. The van der Waals surface area contributed by atoms with Crippen molar-refractivity contribution in [3.63, 3.8) is 0 Å². The molecule has 1 unspecified atom stereocenters. The van der Waals surface area contributed by atoms with Crippen LogP contribution in [0.25, 0.3) is 22.9 Å². The number of rotatable bonds is 7. The fourth-order valence-electron chi connectivity index (χ4n) is 3.34. The van der Waals surface area contributed by atoms with Crippen LogP contribution in [0.5, 0.6) is 0 Å². The topological polar surface area (TPSA) is 68.0 Å². The standard InChI is InChI=1S/C25H23N3O2/c1-2-9-22(18-10-5-3-6-11-18)26-23(29)19-14-16-21(17-15-19)25-28-27-24(30-25)20-12-7-4-8-13-20/h3-8,10-17,22H,2,9H2,1H3,(H,26,29). The van der Waals surface area contributed by atoms with Gasteiger partial charge in [0.2, 0.25) is 11.8 Å². The number of hydrogen-bond acceptors (Lipinski definition) is 4. The first-order chi connectivity index (χ1) is 14.7. The van der Waals surface area contributed by atoms with Crippen molar-refractivity contribution in [2.75, 3.05) is 0 Å². The third-order valence-electron chi connectivity index (χ3n) is 4.92. The van der Waals surface area contributed by atoms with Gasteiger partial charge in [0, 0.05) is 16.7 Å². The van der Waals surface area contributed by atoms with Crippen molar-refractivity contribution in [3.8, 4) is 22.9 Å². The molecular formula is C25H23N3O2. The van der Waals surface area contributed by atoms with Crippen LogP contribution in [0.4, 0.5) is 0 Å². The molecule has 0 saturated carbocycles. The smallest absolute Gasteiger partial charge is 0.251 e. The Balaban J connectivity index is 1.48. The second-order valence-electron chi connectivity index (χ2n) is 7.08. The summed E-state index contributed by atoms with van der Waals surface area (Å²) in [6.07, 6.45) is 1.87. The minimum Gasteiger partial charge on any atom is -0.416 e. The van der Waals surface area contributed by atoms with Gasteiger partial charge in [-0.3, -0.25) is 4.79 Å². The van der Waals surface area contributed by atoms with Gasteiger partial charge in [0.05, 0.1) is 6.04 Å². The summed E-state index contributed by atoms with van der Waals surface area (Å²) in [5.41, 5.74) is 3.35. The van der Waals surface area contributed by atoms with Crippen molar-refractivity contribution in [3.05, 3.63) is 96.1 Å².